The highest BCUT2D eigenvalue weighted by molar-refractivity contribution is 14.1. The third-order valence-corrected chi connectivity index (χ3v) is 3.84. The SMILES string of the molecule is COc1ccc(COc2ccc([C@@H](C)I)cc2Cl)nc1. The fourth-order valence-corrected chi connectivity index (χ4v) is 2.28. The molecule has 0 bridgehead atoms. The van der Waals surface area contributed by atoms with Crippen molar-refractivity contribution in [1.29, 1.82) is 0 Å². The molecule has 5 heteroatoms. The molecule has 0 radical (unpaired) electrons. The number of pyridine rings is 1. The number of hydrogen-bond acceptors (Lipinski definition) is 3. The molecule has 1 heterocycles. The first kappa shape index (κ1) is 15.4. The molecule has 0 amide bonds. The predicted octanol–water partition coefficient (Wildman–Crippen LogP) is 4.82. The van der Waals surface area contributed by atoms with Crippen molar-refractivity contribution >= 4 is 34.2 Å². The minimum Gasteiger partial charge on any atom is -0.495 e. The summed E-state index contributed by atoms with van der Waals surface area (Å²) in [6.07, 6.45) is 1.67. The van der Waals surface area contributed by atoms with Gasteiger partial charge in [0.05, 0.1) is 24.0 Å². The number of halogens is 2. The van der Waals surface area contributed by atoms with Crippen molar-refractivity contribution in [2.45, 2.75) is 17.5 Å². The lowest BCUT2D eigenvalue weighted by molar-refractivity contribution is 0.301. The van der Waals surface area contributed by atoms with Crippen molar-refractivity contribution in [1.82, 2.24) is 4.98 Å². The highest BCUT2D eigenvalue weighted by atomic mass is 127. The number of nitrogens with zero attached hydrogens (tertiary/aromatic N) is 1. The molecule has 0 aliphatic heterocycles. The largest absolute Gasteiger partial charge is 0.495 e. The van der Waals surface area contributed by atoms with Crippen molar-refractivity contribution in [3.8, 4) is 11.5 Å². The molecule has 106 valence electrons. The molecule has 1 aromatic heterocycles. The van der Waals surface area contributed by atoms with Gasteiger partial charge in [0.2, 0.25) is 0 Å². The number of methoxy groups -OCH3 is 1. The smallest absolute Gasteiger partial charge is 0.138 e. The summed E-state index contributed by atoms with van der Waals surface area (Å²) in [7, 11) is 1.61. The molecule has 2 aromatic rings. The molecule has 3 nitrogen and oxygen atoms in total. The van der Waals surface area contributed by atoms with Crippen LogP contribution in [0.5, 0.6) is 11.5 Å². The zero-order chi connectivity index (χ0) is 14.5. The summed E-state index contributed by atoms with van der Waals surface area (Å²) < 4.78 is 11.2. The lowest BCUT2D eigenvalue weighted by Crippen LogP contribution is -1.99. The maximum absolute atomic E-state index is 6.22. The van der Waals surface area contributed by atoms with Crippen LogP contribution in [0, 0.1) is 0 Å². The lowest BCUT2D eigenvalue weighted by Gasteiger charge is -2.10. The minimum absolute atomic E-state index is 0.378. The van der Waals surface area contributed by atoms with E-state index in [1.54, 1.807) is 13.3 Å². The maximum Gasteiger partial charge on any atom is 0.138 e. The second-order valence-electron chi connectivity index (χ2n) is 4.28. The van der Waals surface area contributed by atoms with Crippen LogP contribution in [-0.2, 0) is 6.61 Å². The van der Waals surface area contributed by atoms with Crippen LogP contribution in [0.25, 0.3) is 0 Å². The topological polar surface area (TPSA) is 31.4 Å². The average Bonchev–Trinajstić information content (AvgIpc) is 2.46. The molecule has 1 atom stereocenters. The summed E-state index contributed by atoms with van der Waals surface area (Å²) in [5.74, 6) is 1.40. The van der Waals surface area contributed by atoms with E-state index in [0.717, 1.165) is 11.4 Å². The Morgan fingerprint density at radius 1 is 1.30 bits per heavy atom. The summed E-state index contributed by atoms with van der Waals surface area (Å²) in [6.45, 7) is 2.50. The van der Waals surface area contributed by atoms with Gasteiger partial charge in [-0.3, -0.25) is 4.98 Å². The van der Waals surface area contributed by atoms with E-state index in [2.05, 4.69) is 34.5 Å². The molecule has 0 saturated heterocycles. The predicted molar refractivity (Wildman–Crippen MR) is 89.0 cm³/mol. The van der Waals surface area contributed by atoms with Gasteiger partial charge in [0, 0.05) is 3.92 Å². The second-order valence-corrected chi connectivity index (χ2v) is 6.56. The summed E-state index contributed by atoms with van der Waals surface area (Å²) in [6, 6.07) is 9.59. The fraction of sp³-hybridized carbons (Fsp3) is 0.267. The van der Waals surface area contributed by atoms with Gasteiger partial charge in [-0.1, -0.05) is 40.3 Å². The van der Waals surface area contributed by atoms with E-state index in [9.17, 15) is 0 Å². The highest BCUT2D eigenvalue weighted by Gasteiger charge is 2.07. The number of aromatic nitrogens is 1. The van der Waals surface area contributed by atoms with Crippen LogP contribution in [0.4, 0.5) is 0 Å². The van der Waals surface area contributed by atoms with E-state index < -0.39 is 0 Å². The average molecular weight is 404 g/mol. The van der Waals surface area contributed by atoms with Gasteiger partial charge in [0.15, 0.2) is 0 Å². The van der Waals surface area contributed by atoms with Crippen molar-refractivity contribution in [3.05, 3.63) is 52.8 Å². The third-order valence-electron chi connectivity index (χ3n) is 2.82. The van der Waals surface area contributed by atoms with Gasteiger partial charge >= 0.3 is 0 Å². The monoisotopic (exact) mass is 403 g/mol. The van der Waals surface area contributed by atoms with Crippen molar-refractivity contribution in [3.63, 3.8) is 0 Å². The van der Waals surface area contributed by atoms with Crippen LogP contribution in [-0.4, -0.2) is 12.1 Å². The minimum atomic E-state index is 0.378. The summed E-state index contributed by atoms with van der Waals surface area (Å²) >= 11 is 8.57. The standard InChI is InChI=1S/C15H15ClINO2/c1-10(17)11-3-6-15(14(16)7-11)20-9-12-4-5-13(19-2)8-18-12/h3-8,10H,9H2,1-2H3/t10-/m1/s1. The quantitative estimate of drug-likeness (QED) is 0.530. The van der Waals surface area contributed by atoms with E-state index in [1.807, 2.05) is 30.3 Å². The summed E-state index contributed by atoms with van der Waals surface area (Å²) in [4.78, 5) is 4.25. The van der Waals surface area contributed by atoms with E-state index in [-0.39, 0.29) is 0 Å². The van der Waals surface area contributed by atoms with Gasteiger partial charge in [-0.05, 0) is 36.8 Å². The molecule has 0 unspecified atom stereocenters. The van der Waals surface area contributed by atoms with E-state index in [1.165, 1.54) is 5.56 Å². The van der Waals surface area contributed by atoms with E-state index in [0.29, 0.717) is 21.3 Å². The van der Waals surface area contributed by atoms with Gasteiger partial charge in [0.1, 0.15) is 18.1 Å². The van der Waals surface area contributed by atoms with Crippen LogP contribution in [0.1, 0.15) is 22.1 Å². The van der Waals surface area contributed by atoms with Gasteiger partial charge < -0.3 is 9.47 Å². The first-order valence-electron chi connectivity index (χ1n) is 6.15. The molecule has 0 fully saturated rings. The maximum atomic E-state index is 6.22. The Hall–Kier alpha value is -1.01. The van der Waals surface area contributed by atoms with Crippen LogP contribution in [0.15, 0.2) is 36.5 Å². The first-order valence-corrected chi connectivity index (χ1v) is 7.77. The van der Waals surface area contributed by atoms with Crippen LogP contribution in [0.3, 0.4) is 0 Å². The zero-order valence-electron chi connectivity index (χ0n) is 11.3. The molecular formula is C15H15ClINO2. The van der Waals surface area contributed by atoms with Crippen LogP contribution in [0.2, 0.25) is 5.02 Å². The van der Waals surface area contributed by atoms with Crippen LogP contribution >= 0.6 is 34.2 Å². The molecule has 0 aliphatic rings. The summed E-state index contributed by atoms with van der Waals surface area (Å²) in [5, 5.41) is 0.625. The molecule has 0 N–H and O–H groups in total. The molecule has 20 heavy (non-hydrogen) atoms. The Kier molecular flexibility index (Phi) is 5.48. The molecular weight excluding hydrogens is 389 g/mol. The Morgan fingerprint density at radius 3 is 2.65 bits per heavy atom. The number of ether oxygens (including phenoxy) is 2. The van der Waals surface area contributed by atoms with Gasteiger partial charge in [-0.2, -0.15) is 0 Å². The first-order chi connectivity index (χ1) is 9.60. The molecule has 0 spiro atoms. The highest BCUT2D eigenvalue weighted by Crippen LogP contribution is 2.31. The van der Waals surface area contributed by atoms with Crippen molar-refractivity contribution < 1.29 is 9.47 Å². The Balaban J connectivity index is 2.03. The number of benzene rings is 1. The Bertz CT molecular complexity index is 573. The van der Waals surface area contributed by atoms with E-state index >= 15 is 0 Å². The molecule has 1 aromatic carbocycles. The third kappa shape index (κ3) is 3.99. The molecule has 0 aliphatic carbocycles. The molecule has 2 rings (SSSR count). The number of hydrogen-bond donors (Lipinski definition) is 0. The zero-order valence-corrected chi connectivity index (χ0v) is 14.2. The Labute approximate surface area is 137 Å². The van der Waals surface area contributed by atoms with Crippen LogP contribution < -0.4 is 9.47 Å². The second kappa shape index (κ2) is 7.13. The van der Waals surface area contributed by atoms with E-state index in [4.69, 9.17) is 21.1 Å². The normalized spacial score (nSPS) is 12.0. The fourth-order valence-electron chi connectivity index (χ4n) is 1.65. The van der Waals surface area contributed by atoms with Crippen molar-refractivity contribution in [2.75, 3.05) is 7.11 Å². The van der Waals surface area contributed by atoms with Gasteiger partial charge in [0.25, 0.3) is 0 Å². The number of alkyl halides is 1. The van der Waals surface area contributed by atoms with Gasteiger partial charge in [-0.15, -0.1) is 0 Å². The number of rotatable bonds is 5. The molecule has 0 saturated carbocycles. The van der Waals surface area contributed by atoms with Gasteiger partial charge in [-0.25, -0.2) is 0 Å². The summed E-state index contributed by atoms with van der Waals surface area (Å²) in [5.41, 5.74) is 2.01. The Morgan fingerprint density at radius 2 is 2.10 bits per heavy atom. The lowest BCUT2D eigenvalue weighted by atomic mass is 10.2. The van der Waals surface area contributed by atoms with Crippen molar-refractivity contribution in [2.24, 2.45) is 0 Å².